The second-order valence-corrected chi connectivity index (χ2v) is 3.36. The molecule has 1 fully saturated rings. The molecule has 16 heavy (non-hydrogen) atoms. The van der Waals surface area contributed by atoms with Gasteiger partial charge in [0.15, 0.2) is 0 Å². The minimum atomic E-state index is -4.72. The summed E-state index contributed by atoms with van der Waals surface area (Å²) in [5.41, 5.74) is 0.305. The third-order valence-corrected chi connectivity index (χ3v) is 2.21. The van der Waals surface area contributed by atoms with Crippen molar-refractivity contribution in [1.29, 1.82) is 0 Å². The van der Waals surface area contributed by atoms with Gasteiger partial charge >= 0.3 is 6.36 Å². The van der Waals surface area contributed by atoms with Gasteiger partial charge in [0.25, 0.3) is 0 Å². The Morgan fingerprint density at radius 3 is 2.56 bits per heavy atom. The van der Waals surface area contributed by atoms with Crippen LogP contribution in [0.4, 0.5) is 13.2 Å². The second-order valence-electron chi connectivity index (χ2n) is 3.36. The summed E-state index contributed by atoms with van der Waals surface area (Å²) < 4.78 is 45.1. The first kappa shape index (κ1) is 11.2. The van der Waals surface area contributed by atoms with E-state index in [9.17, 15) is 13.2 Å². The van der Waals surface area contributed by atoms with Crippen molar-refractivity contribution < 1.29 is 27.8 Å². The largest absolute Gasteiger partial charge is 0.573 e. The summed E-state index contributed by atoms with van der Waals surface area (Å²) in [5, 5.41) is 8.77. The number of benzene rings is 1. The van der Waals surface area contributed by atoms with E-state index in [0.29, 0.717) is 5.56 Å². The Labute approximate surface area is 89.4 Å². The van der Waals surface area contributed by atoms with Gasteiger partial charge in [-0.3, -0.25) is 0 Å². The van der Waals surface area contributed by atoms with Gasteiger partial charge in [0, 0.05) is 5.56 Å². The molecule has 6 heteroatoms. The number of hydrogen-bond donors (Lipinski definition) is 1. The molecule has 0 bridgehead atoms. The molecule has 2 rings (SSSR count). The maximum atomic E-state index is 12.1. The van der Waals surface area contributed by atoms with Gasteiger partial charge in [-0.25, -0.2) is 0 Å². The molecule has 1 saturated heterocycles. The number of rotatable bonds is 3. The van der Waals surface area contributed by atoms with E-state index in [1.165, 1.54) is 18.2 Å². The molecule has 1 heterocycles. The SMILES string of the molecule is OC[C@@H]1O[C@H]1c1ccccc1OC(F)(F)F. The predicted octanol–water partition coefficient (Wildman–Crippen LogP) is 2.02. The Hall–Kier alpha value is -1.27. The summed E-state index contributed by atoms with van der Waals surface area (Å²) in [4.78, 5) is 0. The lowest BCUT2D eigenvalue weighted by Gasteiger charge is -2.11. The molecule has 3 nitrogen and oxygen atoms in total. The zero-order valence-electron chi connectivity index (χ0n) is 8.07. The van der Waals surface area contributed by atoms with Gasteiger partial charge < -0.3 is 14.6 Å². The van der Waals surface area contributed by atoms with Crippen LogP contribution in [-0.4, -0.2) is 24.2 Å². The Balaban J connectivity index is 2.19. The molecule has 0 radical (unpaired) electrons. The van der Waals surface area contributed by atoms with E-state index in [4.69, 9.17) is 9.84 Å². The normalized spacial score (nSPS) is 24.2. The topological polar surface area (TPSA) is 42.0 Å². The van der Waals surface area contributed by atoms with E-state index in [-0.39, 0.29) is 12.4 Å². The summed E-state index contributed by atoms with van der Waals surface area (Å²) >= 11 is 0. The zero-order valence-corrected chi connectivity index (χ0v) is 8.07. The Morgan fingerprint density at radius 1 is 1.31 bits per heavy atom. The standard InChI is InChI=1S/C10H9F3O3/c11-10(12,13)16-7-4-2-1-3-6(7)9-8(5-14)15-9/h1-4,8-9,14H,5H2/t8-,9-/m0/s1. The molecule has 0 unspecified atom stereocenters. The zero-order chi connectivity index (χ0) is 11.8. The van der Waals surface area contributed by atoms with Crippen molar-refractivity contribution in [3.63, 3.8) is 0 Å². The maximum absolute atomic E-state index is 12.1. The number of hydrogen-bond acceptors (Lipinski definition) is 3. The molecule has 88 valence electrons. The van der Waals surface area contributed by atoms with E-state index < -0.39 is 18.6 Å². The fourth-order valence-corrected chi connectivity index (χ4v) is 1.49. The van der Waals surface area contributed by atoms with E-state index >= 15 is 0 Å². The smallest absolute Gasteiger partial charge is 0.405 e. The van der Waals surface area contributed by atoms with Gasteiger partial charge in [-0.1, -0.05) is 18.2 Å². The van der Waals surface area contributed by atoms with Crippen LogP contribution in [0, 0.1) is 0 Å². The van der Waals surface area contributed by atoms with E-state index in [2.05, 4.69) is 4.74 Å². The number of epoxide rings is 1. The second kappa shape index (κ2) is 3.95. The van der Waals surface area contributed by atoms with Crippen molar-refractivity contribution in [3.05, 3.63) is 29.8 Å². The van der Waals surface area contributed by atoms with E-state index in [1.807, 2.05) is 0 Å². The molecule has 0 aliphatic carbocycles. The first-order valence-electron chi connectivity index (χ1n) is 4.62. The van der Waals surface area contributed by atoms with Crippen LogP contribution in [0.15, 0.2) is 24.3 Å². The number of aliphatic hydroxyl groups is 1. The van der Waals surface area contributed by atoms with Gasteiger partial charge in [-0.15, -0.1) is 13.2 Å². The summed E-state index contributed by atoms with van der Waals surface area (Å²) in [6.07, 6.45) is -5.67. The highest BCUT2D eigenvalue weighted by molar-refractivity contribution is 5.37. The molecule has 1 N–H and O–H groups in total. The predicted molar refractivity (Wildman–Crippen MR) is 47.8 cm³/mol. The highest BCUT2D eigenvalue weighted by Crippen LogP contribution is 2.43. The summed E-state index contributed by atoms with van der Waals surface area (Å²) in [5.74, 6) is -0.282. The Kier molecular flexibility index (Phi) is 2.77. The average molecular weight is 234 g/mol. The van der Waals surface area contributed by atoms with Crippen molar-refractivity contribution >= 4 is 0 Å². The van der Waals surface area contributed by atoms with Crippen LogP contribution >= 0.6 is 0 Å². The van der Waals surface area contributed by atoms with Crippen molar-refractivity contribution in [1.82, 2.24) is 0 Å². The maximum Gasteiger partial charge on any atom is 0.573 e. The quantitative estimate of drug-likeness (QED) is 0.813. The van der Waals surface area contributed by atoms with Gasteiger partial charge in [-0.2, -0.15) is 0 Å². The lowest BCUT2D eigenvalue weighted by molar-refractivity contribution is -0.274. The fraction of sp³-hybridized carbons (Fsp3) is 0.400. The molecule has 1 aliphatic heterocycles. The molecule has 0 spiro atoms. The monoisotopic (exact) mass is 234 g/mol. The van der Waals surface area contributed by atoms with Gasteiger partial charge in [0.1, 0.15) is 18.0 Å². The van der Waals surface area contributed by atoms with Crippen molar-refractivity contribution in [2.75, 3.05) is 6.61 Å². The van der Waals surface area contributed by atoms with Crippen LogP contribution < -0.4 is 4.74 Å². The van der Waals surface area contributed by atoms with Gasteiger partial charge in [0.2, 0.25) is 0 Å². The number of para-hydroxylation sites is 1. The minimum absolute atomic E-state index is 0.217. The number of ether oxygens (including phenoxy) is 2. The molecule has 2 atom stereocenters. The third kappa shape index (κ3) is 2.45. The number of alkyl halides is 3. The average Bonchev–Trinajstić information content (AvgIpc) is 2.95. The van der Waals surface area contributed by atoms with Gasteiger partial charge in [-0.05, 0) is 6.07 Å². The van der Waals surface area contributed by atoms with Crippen LogP contribution in [-0.2, 0) is 4.74 Å². The highest BCUT2D eigenvalue weighted by Gasteiger charge is 2.42. The van der Waals surface area contributed by atoms with Crippen LogP contribution in [0.3, 0.4) is 0 Å². The van der Waals surface area contributed by atoms with Crippen LogP contribution in [0.1, 0.15) is 11.7 Å². The fourth-order valence-electron chi connectivity index (χ4n) is 1.49. The molecular weight excluding hydrogens is 225 g/mol. The first-order valence-corrected chi connectivity index (χ1v) is 4.62. The molecule has 1 aromatic carbocycles. The van der Waals surface area contributed by atoms with Crippen molar-refractivity contribution in [2.24, 2.45) is 0 Å². The third-order valence-electron chi connectivity index (χ3n) is 2.21. The van der Waals surface area contributed by atoms with Crippen molar-refractivity contribution in [2.45, 2.75) is 18.6 Å². The minimum Gasteiger partial charge on any atom is -0.405 e. The van der Waals surface area contributed by atoms with Crippen LogP contribution in [0.5, 0.6) is 5.75 Å². The summed E-state index contributed by atoms with van der Waals surface area (Å²) in [7, 11) is 0. The highest BCUT2D eigenvalue weighted by atomic mass is 19.4. The molecule has 0 saturated carbocycles. The van der Waals surface area contributed by atoms with Gasteiger partial charge in [0.05, 0.1) is 6.61 Å². The lowest BCUT2D eigenvalue weighted by Crippen LogP contribution is -2.18. The lowest BCUT2D eigenvalue weighted by atomic mass is 10.1. The Morgan fingerprint density at radius 2 is 2.00 bits per heavy atom. The van der Waals surface area contributed by atoms with E-state index in [0.717, 1.165) is 0 Å². The number of halogens is 3. The molecular formula is C10H9F3O3. The summed E-state index contributed by atoms with van der Waals surface area (Å²) in [6.45, 7) is -0.217. The number of aliphatic hydroxyl groups excluding tert-OH is 1. The molecule has 1 aromatic rings. The Bertz CT molecular complexity index is 378. The summed E-state index contributed by atoms with van der Waals surface area (Å²) in [6, 6.07) is 5.75. The molecule has 0 amide bonds. The first-order chi connectivity index (χ1) is 7.51. The van der Waals surface area contributed by atoms with E-state index in [1.54, 1.807) is 6.07 Å². The van der Waals surface area contributed by atoms with Crippen LogP contribution in [0.25, 0.3) is 0 Å². The molecule has 1 aliphatic rings. The van der Waals surface area contributed by atoms with Crippen LogP contribution in [0.2, 0.25) is 0 Å². The molecule has 0 aromatic heterocycles. The van der Waals surface area contributed by atoms with Crippen molar-refractivity contribution in [3.8, 4) is 5.75 Å².